The van der Waals surface area contributed by atoms with Gasteiger partial charge in [-0.3, -0.25) is 9.55 Å². The lowest BCUT2D eigenvalue weighted by Gasteiger charge is -2.21. The maximum absolute atomic E-state index is 5.58. The van der Waals surface area contributed by atoms with Crippen LogP contribution in [0.15, 0.2) is 249 Å². The zero-order valence-corrected chi connectivity index (χ0v) is 37.4. The lowest BCUT2D eigenvalue weighted by Crippen LogP contribution is -2.04. The minimum Gasteiger partial charge on any atom is -0.309 e. The smallest absolute Gasteiger partial charge is 0.146 e. The van der Waals surface area contributed by atoms with Crippen molar-refractivity contribution >= 4 is 65.4 Å². The van der Waals surface area contributed by atoms with Crippen molar-refractivity contribution in [1.29, 1.82) is 0 Å². The van der Waals surface area contributed by atoms with Crippen molar-refractivity contribution in [2.24, 2.45) is 0 Å². The SMILES string of the molecule is c1ccc(-c2cnc(-n3c4ccc(-n5c6ccccc6c6ccccc65)cc4c4cc(-n5c6ccccc6c6ccccc65)ccc43)c(-c3ccccc3)c2-c2ccc(-c3ccccn3)cc2)cc1. The van der Waals surface area contributed by atoms with E-state index < -0.39 is 0 Å². The van der Waals surface area contributed by atoms with E-state index in [0.717, 1.165) is 83.6 Å². The van der Waals surface area contributed by atoms with Crippen LogP contribution in [0.5, 0.6) is 0 Å². The van der Waals surface area contributed by atoms with Crippen LogP contribution >= 0.6 is 0 Å². The predicted molar refractivity (Wildman–Crippen MR) is 287 cm³/mol. The van der Waals surface area contributed by atoms with E-state index in [1.54, 1.807) is 0 Å². The Morgan fingerprint density at radius 3 is 1.19 bits per heavy atom. The summed E-state index contributed by atoms with van der Waals surface area (Å²) in [5.41, 5.74) is 17.6. The van der Waals surface area contributed by atoms with Crippen molar-refractivity contribution in [3.05, 3.63) is 249 Å². The van der Waals surface area contributed by atoms with Gasteiger partial charge in [-0.15, -0.1) is 0 Å². The number of para-hydroxylation sites is 4. The molecular formula is C64H41N5. The second-order valence-electron chi connectivity index (χ2n) is 17.7. The van der Waals surface area contributed by atoms with E-state index in [4.69, 9.17) is 4.98 Å². The molecule has 0 bridgehead atoms. The van der Waals surface area contributed by atoms with Crippen molar-refractivity contribution in [3.63, 3.8) is 0 Å². The Morgan fingerprint density at radius 1 is 0.275 bits per heavy atom. The van der Waals surface area contributed by atoms with Crippen molar-refractivity contribution in [3.8, 4) is 61.8 Å². The molecule has 0 saturated carbocycles. The first-order chi connectivity index (χ1) is 34.3. The Morgan fingerprint density at radius 2 is 0.696 bits per heavy atom. The summed E-state index contributed by atoms with van der Waals surface area (Å²) >= 11 is 0. The highest BCUT2D eigenvalue weighted by Gasteiger charge is 2.25. The quantitative estimate of drug-likeness (QED) is 0.160. The van der Waals surface area contributed by atoms with Gasteiger partial charge >= 0.3 is 0 Å². The third-order valence-electron chi connectivity index (χ3n) is 14.0. The van der Waals surface area contributed by atoms with Crippen LogP contribution in [0.2, 0.25) is 0 Å². The molecule has 0 spiro atoms. The van der Waals surface area contributed by atoms with Gasteiger partial charge < -0.3 is 9.13 Å². The predicted octanol–water partition coefficient (Wildman–Crippen LogP) is 16.4. The largest absolute Gasteiger partial charge is 0.309 e. The van der Waals surface area contributed by atoms with Gasteiger partial charge in [0.15, 0.2) is 0 Å². The maximum Gasteiger partial charge on any atom is 0.146 e. The minimum absolute atomic E-state index is 0.860. The Balaban J connectivity index is 1.09. The van der Waals surface area contributed by atoms with Gasteiger partial charge in [-0.1, -0.05) is 164 Å². The molecule has 5 heterocycles. The number of nitrogens with zero attached hydrogens (tertiary/aromatic N) is 5. The van der Waals surface area contributed by atoms with E-state index in [-0.39, 0.29) is 0 Å². The van der Waals surface area contributed by atoms with Crippen molar-refractivity contribution in [1.82, 2.24) is 23.7 Å². The average molecular weight is 880 g/mol. The number of hydrogen-bond donors (Lipinski definition) is 0. The van der Waals surface area contributed by atoms with Gasteiger partial charge in [-0.25, -0.2) is 4.98 Å². The monoisotopic (exact) mass is 879 g/mol. The Labute approximate surface area is 398 Å². The number of benzene rings is 9. The third kappa shape index (κ3) is 6.11. The van der Waals surface area contributed by atoms with Crippen LogP contribution in [0.1, 0.15) is 0 Å². The summed E-state index contributed by atoms with van der Waals surface area (Å²) in [7, 11) is 0. The molecule has 5 heteroatoms. The first-order valence-electron chi connectivity index (χ1n) is 23.5. The molecule has 14 rings (SSSR count). The zero-order valence-electron chi connectivity index (χ0n) is 37.4. The number of aromatic nitrogens is 5. The van der Waals surface area contributed by atoms with Crippen LogP contribution in [0.25, 0.3) is 127 Å². The van der Waals surface area contributed by atoms with Crippen LogP contribution in [-0.4, -0.2) is 23.7 Å². The molecule has 9 aromatic carbocycles. The maximum atomic E-state index is 5.58. The van der Waals surface area contributed by atoms with E-state index in [1.165, 1.54) is 43.6 Å². The molecule has 0 saturated heterocycles. The molecule has 0 unspecified atom stereocenters. The van der Waals surface area contributed by atoms with Gasteiger partial charge in [0.25, 0.3) is 0 Å². The van der Waals surface area contributed by atoms with Crippen LogP contribution in [-0.2, 0) is 0 Å². The van der Waals surface area contributed by atoms with Crippen molar-refractivity contribution in [2.75, 3.05) is 0 Å². The van der Waals surface area contributed by atoms with Gasteiger partial charge in [-0.2, -0.15) is 0 Å². The van der Waals surface area contributed by atoms with E-state index in [9.17, 15) is 0 Å². The summed E-state index contributed by atoms with van der Waals surface area (Å²) in [6.45, 7) is 0. The van der Waals surface area contributed by atoms with E-state index in [1.807, 2.05) is 18.3 Å². The standard InChI is InChI=1S/C64H41N5/c1-3-17-42(18-4-1)54-41-66-64(63(44-19-5-2-6-20-44)62(54)45-32-30-43(31-33-45)55-25-15-16-38-65-55)69-60-36-34-46(67-56-26-11-7-21-48(56)49-22-8-12-27-57(49)67)39-52(60)53-40-47(35-37-61(53)69)68-58-28-13-9-23-50(58)51-24-10-14-29-59(51)68/h1-41H. The van der Waals surface area contributed by atoms with Gasteiger partial charge in [0.05, 0.1) is 38.8 Å². The highest BCUT2D eigenvalue weighted by atomic mass is 15.1. The van der Waals surface area contributed by atoms with Gasteiger partial charge in [0.2, 0.25) is 0 Å². The highest BCUT2D eigenvalue weighted by molar-refractivity contribution is 6.14. The number of pyridine rings is 2. The summed E-state index contributed by atoms with van der Waals surface area (Å²) in [6, 6.07) is 85.3. The van der Waals surface area contributed by atoms with Crippen LogP contribution in [0.4, 0.5) is 0 Å². The normalized spacial score (nSPS) is 11.8. The molecule has 0 atom stereocenters. The number of hydrogen-bond acceptors (Lipinski definition) is 2. The highest BCUT2D eigenvalue weighted by Crippen LogP contribution is 2.46. The number of fused-ring (bicyclic) bond motifs is 9. The van der Waals surface area contributed by atoms with Gasteiger partial charge in [-0.05, 0) is 89.5 Å². The molecule has 0 aliphatic carbocycles. The lowest BCUT2D eigenvalue weighted by atomic mass is 9.88. The summed E-state index contributed by atoms with van der Waals surface area (Å²) in [4.78, 5) is 10.3. The molecule has 5 aromatic heterocycles. The van der Waals surface area contributed by atoms with Crippen molar-refractivity contribution < 1.29 is 0 Å². The molecule has 14 aromatic rings. The van der Waals surface area contributed by atoms with Crippen LogP contribution < -0.4 is 0 Å². The molecule has 0 aliphatic rings. The van der Waals surface area contributed by atoms with E-state index >= 15 is 0 Å². The fourth-order valence-electron chi connectivity index (χ4n) is 10.9. The fourth-order valence-corrected chi connectivity index (χ4v) is 10.9. The summed E-state index contributed by atoms with van der Waals surface area (Å²) in [5, 5.41) is 7.22. The summed E-state index contributed by atoms with van der Waals surface area (Å²) in [5.74, 6) is 0.860. The second-order valence-corrected chi connectivity index (χ2v) is 17.7. The van der Waals surface area contributed by atoms with Crippen molar-refractivity contribution in [2.45, 2.75) is 0 Å². The molecule has 0 amide bonds. The molecule has 0 radical (unpaired) electrons. The second kappa shape index (κ2) is 15.7. The van der Waals surface area contributed by atoms with E-state index in [0.29, 0.717) is 0 Å². The molecule has 69 heavy (non-hydrogen) atoms. The van der Waals surface area contributed by atoms with E-state index in [2.05, 4.69) is 249 Å². The third-order valence-corrected chi connectivity index (χ3v) is 14.0. The average Bonchev–Trinajstić information content (AvgIpc) is 4.06. The molecule has 0 fully saturated rings. The van der Waals surface area contributed by atoms with Crippen LogP contribution in [0, 0.1) is 0 Å². The Hall–Kier alpha value is -9.32. The van der Waals surface area contributed by atoms with Gasteiger partial charge in [0.1, 0.15) is 5.82 Å². The zero-order chi connectivity index (χ0) is 45.4. The molecular weight excluding hydrogens is 839 g/mol. The van der Waals surface area contributed by atoms with Gasteiger partial charge in [0, 0.05) is 78.3 Å². The first kappa shape index (κ1) is 38.9. The summed E-state index contributed by atoms with van der Waals surface area (Å²) in [6.07, 6.45) is 3.93. The lowest BCUT2D eigenvalue weighted by molar-refractivity contribution is 1.08. The Kier molecular flexibility index (Phi) is 8.83. The summed E-state index contributed by atoms with van der Waals surface area (Å²) < 4.78 is 7.23. The molecule has 0 N–H and O–H groups in total. The topological polar surface area (TPSA) is 40.6 Å². The number of rotatable bonds is 7. The molecule has 322 valence electrons. The minimum atomic E-state index is 0.860. The Bertz CT molecular complexity index is 4000. The first-order valence-corrected chi connectivity index (χ1v) is 23.5. The molecule has 0 aliphatic heterocycles. The fraction of sp³-hybridized carbons (Fsp3) is 0. The van der Waals surface area contributed by atoms with Crippen LogP contribution in [0.3, 0.4) is 0 Å². The molecule has 5 nitrogen and oxygen atoms in total.